The van der Waals surface area contributed by atoms with Gasteiger partial charge in [0.2, 0.25) is 0 Å². The van der Waals surface area contributed by atoms with Gasteiger partial charge in [-0.15, -0.1) is 0 Å². The molecule has 0 bridgehead atoms. The van der Waals surface area contributed by atoms with Gasteiger partial charge in [-0.3, -0.25) is 0 Å². The zero-order valence-corrected chi connectivity index (χ0v) is 7.88. The molecule has 0 saturated carbocycles. The van der Waals surface area contributed by atoms with Crippen molar-refractivity contribution >= 4 is 0 Å². The molecule has 2 unspecified atom stereocenters. The first kappa shape index (κ1) is 9.50. The molecule has 0 amide bonds. The van der Waals surface area contributed by atoms with Crippen molar-refractivity contribution in [3.8, 4) is 6.07 Å². The van der Waals surface area contributed by atoms with Gasteiger partial charge in [-0.05, 0) is 26.9 Å². The molecule has 1 saturated heterocycles. The lowest BCUT2D eigenvalue weighted by atomic mass is 10.2. The molecule has 0 radical (unpaired) electrons. The average Bonchev–Trinajstić information content (AvgIpc) is 2.36. The van der Waals surface area contributed by atoms with Gasteiger partial charge in [0.05, 0.1) is 12.5 Å². The molecule has 0 aromatic heterocycles. The second-order valence-corrected chi connectivity index (χ2v) is 3.68. The SMILES string of the molecule is CC(CC#N)NC1CCN(C)C1. The maximum absolute atomic E-state index is 8.46. The van der Waals surface area contributed by atoms with Gasteiger partial charge in [0.15, 0.2) is 0 Å². The number of hydrogen-bond acceptors (Lipinski definition) is 3. The maximum Gasteiger partial charge on any atom is 0.0638 e. The van der Waals surface area contributed by atoms with Crippen LogP contribution >= 0.6 is 0 Å². The summed E-state index contributed by atoms with van der Waals surface area (Å²) in [7, 11) is 2.14. The Labute approximate surface area is 74.4 Å². The van der Waals surface area contributed by atoms with E-state index in [-0.39, 0.29) is 0 Å². The number of nitrogens with zero attached hydrogens (tertiary/aromatic N) is 2. The van der Waals surface area contributed by atoms with Crippen LogP contribution in [0.3, 0.4) is 0 Å². The predicted molar refractivity (Wildman–Crippen MR) is 48.7 cm³/mol. The van der Waals surface area contributed by atoms with E-state index < -0.39 is 0 Å². The van der Waals surface area contributed by atoms with Gasteiger partial charge in [0.25, 0.3) is 0 Å². The maximum atomic E-state index is 8.46. The zero-order chi connectivity index (χ0) is 8.97. The van der Waals surface area contributed by atoms with Crippen LogP contribution in [0, 0.1) is 11.3 Å². The second kappa shape index (κ2) is 4.44. The highest BCUT2D eigenvalue weighted by Gasteiger charge is 2.20. The Morgan fingerprint density at radius 3 is 3.00 bits per heavy atom. The van der Waals surface area contributed by atoms with E-state index in [9.17, 15) is 0 Å². The summed E-state index contributed by atoms with van der Waals surface area (Å²) in [5.41, 5.74) is 0. The molecule has 12 heavy (non-hydrogen) atoms. The lowest BCUT2D eigenvalue weighted by Crippen LogP contribution is -2.37. The molecule has 0 spiro atoms. The Bertz CT molecular complexity index is 173. The van der Waals surface area contributed by atoms with Crippen molar-refractivity contribution in [2.45, 2.75) is 31.8 Å². The molecule has 0 aromatic rings. The van der Waals surface area contributed by atoms with Crippen molar-refractivity contribution in [3.63, 3.8) is 0 Å². The fraction of sp³-hybridized carbons (Fsp3) is 0.889. The molecule has 3 heteroatoms. The molecule has 0 aromatic carbocycles. The van der Waals surface area contributed by atoms with Crippen LogP contribution in [0.15, 0.2) is 0 Å². The van der Waals surface area contributed by atoms with Crippen molar-refractivity contribution in [1.29, 1.82) is 5.26 Å². The molecule has 1 N–H and O–H groups in total. The number of likely N-dealkylation sites (tertiary alicyclic amines) is 1. The highest BCUT2D eigenvalue weighted by atomic mass is 15.2. The lowest BCUT2D eigenvalue weighted by molar-refractivity contribution is 0.386. The van der Waals surface area contributed by atoms with Crippen molar-refractivity contribution in [3.05, 3.63) is 0 Å². The molecule has 1 aliphatic heterocycles. The van der Waals surface area contributed by atoms with Crippen molar-refractivity contribution in [1.82, 2.24) is 10.2 Å². The Hall–Kier alpha value is -0.590. The third-order valence-corrected chi connectivity index (χ3v) is 2.31. The van der Waals surface area contributed by atoms with Crippen LogP contribution in [0.2, 0.25) is 0 Å². The van der Waals surface area contributed by atoms with E-state index in [4.69, 9.17) is 5.26 Å². The summed E-state index contributed by atoms with van der Waals surface area (Å²) in [6, 6.07) is 3.11. The van der Waals surface area contributed by atoms with Gasteiger partial charge in [-0.2, -0.15) is 5.26 Å². The van der Waals surface area contributed by atoms with Gasteiger partial charge >= 0.3 is 0 Å². The molecule has 1 heterocycles. The molecule has 68 valence electrons. The summed E-state index contributed by atoms with van der Waals surface area (Å²) >= 11 is 0. The molecule has 2 atom stereocenters. The van der Waals surface area contributed by atoms with E-state index in [2.05, 4.69) is 30.3 Å². The third kappa shape index (κ3) is 2.80. The largest absolute Gasteiger partial charge is 0.309 e. The monoisotopic (exact) mass is 167 g/mol. The van der Waals surface area contributed by atoms with Crippen LogP contribution in [0.25, 0.3) is 0 Å². The third-order valence-electron chi connectivity index (χ3n) is 2.31. The highest BCUT2D eigenvalue weighted by molar-refractivity contribution is 4.84. The van der Waals surface area contributed by atoms with Crippen LogP contribution in [0.4, 0.5) is 0 Å². The smallest absolute Gasteiger partial charge is 0.0638 e. The predicted octanol–water partition coefficient (Wildman–Crippen LogP) is 0.582. The highest BCUT2D eigenvalue weighted by Crippen LogP contribution is 2.07. The number of rotatable bonds is 3. The van der Waals surface area contributed by atoms with Gasteiger partial charge in [0, 0.05) is 18.6 Å². The molecule has 3 nitrogen and oxygen atoms in total. The van der Waals surface area contributed by atoms with E-state index in [1.807, 2.05) is 0 Å². The summed E-state index contributed by atoms with van der Waals surface area (Å²) in [5, 5.41) is 11.9. The van der Waals surface area contributed by atoms with Crippen LogP contribution < -0.4 is 5.32 Å². The minimum atomic E-state index is 0.339. The van der Waals surface area contributed by atoms with E-state index in [1.54, 1.807) is 0 Å². The normalized spacial score (nSPS) is 26.9. The zero-order valence-electron chi connectivity index (χ0n) is 7.88. The Morgan fingerprint density at radius 1 is 1.75 bits per heavy atom. The lowest BCUT2D eigenvalue weighted by Gasteiger charge is -2.16. The summed E-state index contributed by atoms with van der Waals surface area (Å²) < 4.78 is 0. The fourth-order valence-electron chi connectivity index (χ4n) is 1.67. The molecule has 1 fully saturated rings. The van der Waals surface area contributed by atoms with Crippen molar-refractivity contribution < 1.29 is 0 Å². The molecular weight excluding hydrogens is 150 g/mol. The quantitative estimate of drug-likeness (QED) is 0.668. The second-order valence-electron chi connectivity index (χ2n) is 3.68. The first-order valence-electron chi connectivity index (χ1n) is 4.54. The number of nitrogens with one attached hydrogen (secondary N) is 1. The molecular formula is C9H17N3. The van der Waals surface area contributed by atoms with Gasteiger partial charge < -0.3 is 10.2 Å². The van der Waals surface area contributed by atoms with Gasteiger partial charge in [-0.25, -0.2) is 0 Å². The van der Waals surface area contributed by atoms with Crippen LogP contribution in [0.1, 0.15) is 19.8 Å². The van der Waals surface area contributed by atoms with E-state index in [1.165, 1.54) is 13.0 Å². The Morgan fingerprint density at radius 2 is 2.50 bits per heavy atom. The summed E-state index contributed by atoms with van der Waals surface area (Å²) in [4.78, 5) is 2.32. The van der Waals surface area contributed by atoms with E-state index in [0.29, 0.717) is 18.5 Å². The number of likely N-dealkylation sites (N-methyl/N-ethyl adjacent to an activating group) is 1. The molecule has 0 aliphatic carbocycles. The van der Waals surface area contributed by atoms with Crippen LogP contribution in [-0.2, 0) is 0 Å². The first-order chi connectivity index (χ1) is 5.72. The number of hydrogen-bond donors (Lipinski definition) is 1. The van der Waals surface area contributed by atoms with Gasteiger partial charge in [-0.1, -0.05) is 0 Å². The average molecular weight is 167 g/mol. The minimum Gasteiger partial charge on any atom is -0.309 e. The Balaban J connectivity index is 2.19. The first-order valence-corrected chi connectivity index (χ1v) is 4.54. The summed E-state index contributed by atoms with van der Waals surface area (Å²) in [6.45, 7) is 4.37. The van der Waals surface area contributed by atoms with Crippen molar-refractivity contribution in [2.75, 3.05) is 20.1 Å². The van der Waals surface area contributed by atoms with Crippen LogP contribution in [0.5, 0.6) is 0 Å². The minimum absolute atomic E-state index is 0.339. The van der Waals surface area contributed by atoms with E-state index in [0.717, 1.165) is 6.54 Å². The Kier molecular flexibility index (Phi) is 3.51. The summed E-state index contributed by atoms with van der Waals surface area (Å²) in [6.07, 6.45) is 1.83. The number of nitriles is 1. The standard InChI is InChI=1S/C9H17N3/c1-8(3-5-10)11-9-4-6-12(2)7-9/h8-9,11H,3-4,6-7H2,1-2H3. The van der Waals surface area contributed by atoms with Gasteiger partial charge in [0.1, 0.15) is 0 Å². The fourth-order valence-corrected chi connectivity index (χ4v) is 1.67. The van der Waals surface area contributed by atoms with Crippen molar-refractivity contribution in [2.24, 2.45) is 0 Å². The molecule has 1 aliphatic rings. The topological polar surface area (TPSA) is 39.1 Å². The summed E-state index contributed by atoms with van der Waals surface area (Å²) in [5.74, 6) is 0. The molecule has 1 rings (SSSR count). The van der Waals surface area contributed by atoms with E-state index >= 15 is 0 Å². The van der Waals surface area contributed by atoms with Crippen LogP contribution in [-0.4, -0.2) is 37.1 Å².